The molecule has 0 unspecified atom stereocenters. The topological polar surface area (TPSA) is 48.0 Å². The van der Waals surface area contributed by atoms with E-state index < -0.39 is 5.79 Å². The van der Waals surface area contributed by atoms with Crippen LogP contribution in [0.15, 0.2) is 48.5 Å². The van der Waals surface area contributed by atoms with Crippen molar-refractivity contribution in [3.05, 3.63) is 59.7 Å². The maximum atomic E-state index is 13.1. The molecule has 0 N–H and O–H groups in total. The van der Waals surface area contributed by atoms with Crippen LogP contribution in [0.2, 0.25) is 0 Å². The van der Waals surface area contributed by atoms with Gasteiger partial charge in [0, 0.05) is 5.56 Å². The third-order valence-corrected chi connectivity index (χ3v) is 4.41. The molecule has 0 radical (unpaired) electrons. The van der Waals surface area contributed by atoms with Gasteiger partial charge in [0.15, 0.2) is 0 Å². The first-order chi connectivity index (χ1) is 12.1. The van der Waals surface area contributed by atoms with E-state index in [0.29, 0.717) is 19.8 Å². The van der Waals surface area contributed by atoms with Crippen LogP contribution in [0.3, 0.4) is 0 Å². The second-order valence-corrected chi connectivity index (χ2v) is 6.53. The molecule has 25 heavy (non-hydrogen) atoms. The molecule has 1 saturated heterocycles. The molecule has 1 fully saturated rings. The normalized spacial score (nSPS) is 18.2. The minimum absolute atomic E-state index is 0.134. The van der Waals surface area contributed by atoms with Gasteiger partial charge in [-0.2, -0.15) is 0 Å². The van der Waals surface area contributed by atoms with Gasteiger partial charge in [-0.15, -0.1) is 0 Å². The summed E-state index contributed by atoms with van der Waals surface area (Å²) in [6, 6.07) is 15.5. The van der Waals surface area contributed by atoms with E-state index in [9.17, 15) is 4.79 Å². The van der Waals surface area contributed by atoms with E-state index >= 15 is 0 Å². The Kier molecular flexibility index (Phi) is 3.98. The highest BCUT2D eigenvalue weighted by Gasteiger charge is 2.55. The van der Waals surface area contributed by atoms with Gasteiger partial charge in [0.1, 0.15) is 5.75 Å². The van der Waals surface area contributed by atoms with E-state index in [4.69, 9.17) is 14.2 Å². The Hall–Kier alpha value is -2.37. The van der Waals surface area contributed by atoms with Crippen LogP contribution < -0.4 is 9.64 Å². The van der Waals surface area contributed by atoms with Gasteiger partial charge in [0.05, 0.1) is 31.5 Å². The average molecular weight is 339 g/mol. The van der Waals surface area contributed by atoms with Gasteiger partial charge >= 0.3 is 0 Å². The minimum atomic E-state index is -1.27. The van der Waals surface area contributed by atoms with Crippen molar-refractivity contribution in [2.24, 2.45) is 0 Å². The number of hydrogen-bond acceptors (Lipinski definition) is 4. The number of carbonyl (C=O) groups excluding carboxylic acids is 1. The molecular weight excluding hydrogens is 318 g/mol. The Labute approximate surface area is 147 Å². The number of anilines is 1. The molecule has 5 nitrogen and oxygen atoms in total. The third kappa shape index (κ3) is 2.69. The molecule has 0 aliphatic carbocycles. The van der Waals surface area contributed by atoms with Gasteiger partial charge in [-0.3, -0.25) is 4.79 Å². The van der Waals surface area contributed by atoms with E-state index in [1.54, 1.807) is 4.90 Å². The molecule has 2 heterocycles. The van der Waals surface area contributed by atoms with Crippen LogP contribution in [-0.2, 0) is 26.6 Å². The highest BCUT2D eigenvalue weighted by atomic mass is 16.7. The summed E-state index contributed by atoms with van der Waals surface area (Å²) in [5, 5.41) is 0. The SMILES string of the molecule is CC(C)Oc1ccc(CN2C(=O)C3(OCCO3)c3ccccc32)cc1. The molecule has 0 bridgehead atoms. The first-order valence-corrected chi connectivity index (χ1v) is 8.55. The fourth-order valence-electron chi connectivity index (χ4n) is 3.37. The molecule has 2 aliphatic rings. The maximum Gasteiger partial charge on any atom is 0.292 e. The lowest BCUT2D eigenvalue weighted by Gasteiger charge is -2.22. The average Bonchev–Trinajstić information content (AvgIpc) is 3.18. The van der Waals surface area contributed by atoms with Crippen molar-refractivity contribution in [3.63, 3.8) is 0 Å². The Morgan fingerprint density at radius 1 is 1.08 bits per heavy atom. The third-order valence-electron chi connectivity index (χ3n) is 4.41. The molecule has 0 saturated carbocycles. The molecule has 2 aromatic rings. The van der Waals surface area contributed by atoms with Crippen molar-refractivity contribution in [2.75, 3.05) is 18.1 Å². The van der Waals surface area contributed by atoms with Crippen molar-refractivity contribution >= 4 is 11.6 Å². The molecule has 4 rings (SSSR count). The number of fused-ring (bicyclic) bond motifs is 2. The van der Waals surface area contributed by atoms with Crippen LogP contribution in [-0.4, -0.2) is 25.2 Å². The Bertz CT molecular complexity index is 779. The smallest absolute Gasteiger partial charge is 0.292 e. The predicted octanol–water partition coefficient (Wildman–Crippen LogP) is 3.22. The fourth-order valence-corrected chi connectivity index (χ4v) is 3.37. The van der Waals surface area contributed by atoms with Gasteiger partial charge in [-0.05, 0) is 37.6 Å². The number of rotatable bonds is 4. The van der Waals surface area contributed by atoms with Crippen molar-refractivity contribution in [3.8, 4) is 5.75 Å². The molecule has 130 valence electrons. The van der Waals surface area contributed by atoms with Crippen molar-refractivity contribution in [1.29, 1.82) is 0 Å². The summed E-state index contributed by atoms with van der Waals surface area (Å²) in [5.41, 5.74) is 2.66. The van der Waals surface area contributed by atoms with E-state index in [-0.39, 0.29) is 12.0 Å². The predicted molar refractivity (Wildman–Crippen MR) is 93.4 cm³/mol. The highest BCUT2D eigenvalue weighted by Crippen LogP contribution is 2.46. The summed E-state index contributed by atoms with van der Waals surface area (Å²) in [4.78, 5) is 14.8. The highest BCUT2D eigenvalue weighted by molar-refractivity contribution is 6.06. The van der Waals surface area contributed by atoms with Crippen molar-refractivity contribution < 1.29 is 19.0 Å². The number of amides is 1. The first-order valence-electron chi connectivity index (χ1n) is 8.55. The number of ether oxygens (including phenoxy) is 3. The van der Waals surface area contributed by atoms with E-state index in [0.717, 1.165) is 22.6 Å². The molecule has 0 atom stereocenters. The zero-order valence-corrected chi connectivity index (χ0v) is 14.4. The summed E-state index contributed by atoms with van der Waals surface area (Å²) in [7, 11) is 0. The lowest BCUT2D eigenvalue weighted by Crippen LogP contribution is -2.40. The number of carbonyl (C=O) groups is 1. The molecule has 2 aliphatic heterocycles. The quantitative estimate of drug-likeness (QED) is 0.858. The van der Waals surface area contributed by atoms with Gasteiger partial charge in [0.25, 0.3) is 11.7 Å². The summed E-state index contributed by atoms with van der Waals surface area (Å²) in [6.45, 7) is 5.31. The molecule has 5 heteroatoms. The van der Waals surface area contributed by atoms with Crippen molar-refractivity contribution in [1.82, 2.24) is 0 Å². The Morgan fingerprint density at radius 2 is 1.76 bits per heavy atom. The molecule has 1 spiro atoms. The van der Waals surface area contributed by atoms with Crippen LogP contribution in [0.5, 0.6) is 5.75 Å². The second-order valence-electron chi connectivity index (χ2n) is 6.53. The summed E-state index contributed by atoms with van der Waals surface area (Å²) in [5.74, 6) is -0.600. The largest absolute Gasteiger partial charge is 0.491 e. The van der Waals surface area contributed by atoms with E-state index in [2.05, 4.69) is 0 Å². The number of para-hydroxylation sites is 1. The molecule has 0 aromatic heterocycles. The van der Waals surface area contributed by atoms with Gasteiger partial charge in [0.2, 0.25) is 0 Å². The molecule has 2 aromatic carbocycles. The lowest BCUT2D eigenvalue weighted by molar-refractivity contribution is -0.180. The van der Waals surface area contributed by atoms with E-state index in [1.165, 1.54) is 0 Å². The lowest BCUT2D eigenvalue weighted by atomic mass is 10.1. The Balaban J connectivity index is 1.61. The second kappa shape index (κ2) is 6.17. The van der Waals surface area contributed by atoms with Gasteiger partial charge < -0.3 is 19.1 Å². The molecular formula is C20H21NO4. The zero-order chi connectivity index (χ0) is 17.4. The van der Waals surface area contributed by atoms with Gasteiger partial charge in [-0.25, -0.2) is 0 Å². The standard InChI is InChI=1S/C20H21NO4/c1-14(2)25-16-9-7-15(8-10-16)13-21-18-6-4-3-5-17(18)20(19(21)22)23-11-12-24-20/h3-10,14H,11-13H2,1-2H3. The van der Waals surface area contributed by atoms with Crippen LogP contribution in [0, 0.1) is 0 Å². The number of hydrogen-bond donors (Lipinski definition) is 0. The molecule has 1 amide bonds. The van der Waals surface area contributed by atoms with Crippen LogP contribution in [0.1, 0.15) is 25.0 Å². The van der Waals surface area contributed by atoms with Crippen LogP contribution in [0.25, 0.3) is 0 Å². The van der Waals surface area contributed by atoms with Gasteiger partial charge in [-0.1, -0.05) is 30.3 Å². The van der Waals surface area contributed by atoms with Crippen LogP contribution >= 0.6 is 0 Å². The summed E-state index contributed by atoms with van der Waals surface area (Å²) in [6.07, 6.45) is 0.134. The summed E-state index contributed by atoms with van der Waals surface area (Å²) < 4.78 is 17.1. The fraction of sp³-hybridized carbons (Fsp3) is 0.350. The number of nitrogens with zero attached hydrogens (tertiary/aromatic N) is 1. The zero-order valence-electron chi connectivity index (χ0n) is 14.4. The number of benzene rings is 2. The Morgan fingerprint density at radius 3 is 2.44 bits per heavy atom. The van der Waals surface area contributed by atoms with Crippen LogP contribution in [0.4, 0.5) is 5.69 Å². The first kappa shape index (κ1) is 16.1. The van der Waals surface area contributed by atoms with E-state index in [1.807, 2.05) is 62.4 Å². The maximum absolute atomic E-state index is 13.1. The minimum Gasteiger partial charge on any atom is -0.491 e. The monoisotopic (exact) mass is 339 g/mol. The van der Waals surface area contributed by atoms with Crippen molar-refractivity contribution in [2.45, 2.75) is 32.3 Å². The summed E-state index contributed by atoms with van der Waals surface area (Å²) >= 11 is 0.